The number of piperidine rings is 3. The zero-order valence-electron chi connectivity index (χ0n) is 76.3. The summed E-state index contributed by atoms with van der Waals surface area (Å²) in [5.41, 5.74) is 6.24. The number of anilines is 3. The number of nitrogens with one attached hydrogen (secondary N) is 4. The van der Waals surface area contributed by atoms with Crippen molar-refractivity contribution in [3.05, 3.63) is 185 Å². The average Bonchev–Trinajstić information content (AvgIpc) is 1.56. The van der Waals surface area contributed by atoms with Crippen molar-refractivity contribution in [2.75, 3.05) is 86.7 Å². The molecule has 0 radical (unpaired) electrons. The Balaban J connectivity index is 0.000000199. The maximum absolute atomic E-state index is 13.2. The molecule has 2 unspecified atom stereocenters. The van der Waals surface area contributed by atoms with Crippen molar-refractivity contribution >= 4 is 83.4 Å². The number of aromatic nitrogens is 8. The molecular formula is C93H119Cl4Cs2F12N17O6. The van der Waals surface area contributed by atoms with Gasteiger partial charge in [0.2, 0.25) is 29.0 Å². The molecule has 20 rings (SSSR count). The number of carboxylic acid groups (broad SMARTS) is 1. The molecule has 7 aromatic rings. The van der Waals surface area contributed by atoms with Crippen LogP contribution in [0.2, 0.25) is 5.28 Å². The van der Waals surface area contributed by atoms with E-state index in [4.69, 9.17) is 55.7 Å². The molecule has 23 nitrogen and oxygen atoms in total. The van der Waals surface area contributed by atoms with Crippen molar-refractivity contribution in [1.29, 1.82) is 0 Å². The van der Waals surface area contributed by atoms with Gasteiger partial charge in [-0.05, 0) is 234 Å². The van der Waals surface area contributed by atoms with E-state index in [2.05, 4.69) is 172 Å². The topological polar surface area (TPSA) is 294 Å². The van der Waals surface area contributed by atoms with Crippen LogP contribution in [-0.4, -0.2) is 196 Å². The minimum atomic E-state index is -4.50. The summed E-state index contributed by atoms with van der Waals surface area (Å²) in [6.45, 7) is 9.46. The van der Waals surface area contributed by atoms with Crippen molar-refractivity contribution in [3.8, 4) is 0 Å². The van der Waals surface area contributed by atoms with E-state index in [-0.39, 0.29) is 217 Å². The van der Waals surface area contributed by atoms with Gasteiger partial charge < -0.3 is 48.6 Å². The number of carbonyl (C=O) groups is 3. The molecule has 3 aromatic carbocycles. The van der Waals surface area contributed by atoms with Crippen LogP contribution >= 0.6 is 47.2 Å². The first-order valence-electron chi connectivity index (χ1n) is 45.6. The third-order valence-electron chi connectivity index (χ3n) is 27.6. The molecule has 0 spiro atoms. The fraction of sp³-hybridized carbons (Fsp3) is 0.602. The van der Waals surface area contributed by atoms with Crippen molar-refractivity contribution < 1.29 is 222 Å². The molecule has 726 valence electrons. The molecular weight excluding hydrogens is 2090 g/mol. The fourth-order valence-electron chi connectivity index (χ4n) is 20.6. The van der Waals surface area contributed by atoms with Gasteiger partial charge in [-0.15, -0.1) is 35.6 Å². The molecule has 8 aliphatic carbocycles. The van der Waals surface area contributed by atoms with E-state index < -0.39 is 58.7 Å². The maximum atomic E-state index is 13.2. The Hall–Kier alpha value is -4.03. The summed E-state index contributed by atoms with van der Waals surface area (Å²) in [6.07, 6.45) is 14.7. The van der Waals surface area contributed by atoms with Gasteiger partial charge in [-0.2, -0.15) is 52.7 Å². The number of benzene rings is 3. The van der Waals surface area contributed by atoms with Crippen molar-refractivity contribution in [2.24, 2.45) is 53.1 Å². The summed E-state index contributed by atoms with van der Waals surface area (Å²) in [5.74, 6) is 6.05. The third-order valence-corrected chi connectivity index (χ3v) is 27.8. The van der Waals surface area contributed by atoms with Gasteiger partial charge in [0.15, 0.2) is 0 Å². The van der Waals surface area contributed by atoms with Gasteiger partial charge in [0.25, 0.3) is 6.47 Å². The smallest absolute Gasteiger partial charge is 1.00 e. The van der Waals surface area contributed by atoms with Crippen molar-refractivity contribution in [3.63, 3.8) is 0 Å². The number of aliphatic carboxylic acids is 1. The molecule has 134 heavy (non-hydrogen) atoms. The number of carboxylic acids is 1. The van der Waals surface area contributed by atoms with Crippen molar-refractivity contribution in [2.45, 2.75) is 232 Å². The first kappa shape index (κ1) is 114. The van der Waals surface area contributed by atoms with Crippen LogP contribution in [0.25, 0.3) is 0 Å². The average molecular weight is 2210 g/mol. The van der Waals surface area contributed by atoms with Gasteiger partial charge in [-0.25, -0.2) is 39.9 Å². The molecule has 7 N–H and O–H groups in total. The standard InChI is InChI=1S/C27H32F3N5O.C18H23NO2.C17H23N.C10H12F3N3.C9H11F3N4.C5H2ClF3N2.C5H11N.CH2Cl2.CH2O3.ClH.2Cs.H/c28-27(29,30)23-10-12-31-26(33-23)32-19-11-13-34(14-19)25(36)24-21-15-35(16-22(21)24)20-8-6-18(7-9-20)17-4-2-1-3-5-17;20-18(21)17-15-10-19(11-16(15)17)14-8-6-13(7-9-14)12-4-2-1-3-5-12;1-2-4-13(5-3-1)14-6-8-17(9-7-14)18-11-15-10-16(15)12-18;11-10(12,13)8-5-6-14-9(16-8)15-7-3-1-2-4-7;10-9(11,12)7-2-4-14-8(16-7)15-6-1-3-13-5-6;6-4-10-2-1-3(11-4)5(7,8)9;6-5-3-1-2-4-5;2-1-3;2-1-4-3;;;;/h1-5,10,12,18-22,24H,6-9,11,13-16H2,(H,31,32,33);1-5,13-17H,6-11H2,(H,20,21);1-5,14-17H,6-12H2;5-7H,1-4H2,(H,14,15,16);2,4,6,13H,1,3,5H2,(H,14,15,16);1-2H;5H,1-4,6H2;1H2;1,3H;1H;;;/q;;;;;;;;;;2*+1;-1/p-1/t18?,19-,20?,21-,22+,24?;13?,14?,15-,16+,17?;14?,15-,16+,17?;;6-;;;;;;;;/m1...1......../s1. The number of carbonyl (C=O) groups excluding carboxylic acids is 2. The van der Waals surface area contributed by atoms with Crippen LogP contribution in [0.3, 0.4) is 0 Å². The van der Waals surface area contributed by atoms with E-state index in [9.17, 15) is 62.3 Å². The van der Waals surface area contributed by atoms with Gasteiger partial charge in [0, 0.05) is 132 Å². The molecule has 9 heterocycles. The van der Waals surface area contributed by atoms with Gasteiger partial charge >= 0.3 is 168 Å². The van der Waals surface area contributed by atoms with Crippen LogP contribution in [-0.2, 0) is 44.0 Å². The van der Waals surface area contributed by atoms with Crippen LogP contribution in [0.15, 0.2) is 140 Å². The molecule has 8 saturated carbocycles. The van der Waals surface area contributed by atoms with E-state index >= 15 is 0 Å². The number of nitrogens with zero attached hydrogens (tertiary/aromatic N) is 12. The number of alkyl halides is 14. The molecule has 1 amide bonds. The minimum absolute atomic E-state index is 0. The molecule has 5 saturated heterocycles. The van der Waals surface area contributed by atoms with E-state index in [1.54, 1.807) is 5.56 Å². The van der Waals surface area contributed by atoms with Crippen LogP contribution in [0, 0.1) is 47.3 Å². The maximum Gasteiger partial charge on any atom is 1.00 e. The second-order valence-electron chi connectivity index (χ2n) is 36.1. The molecule has 5 aliphatic heterocycles. The van der Waals surface area contributed by atoms with E-state index in [0.717, 1.165) is 150 Å². The van der Waals surface area contributed by atoms with Crippen LogP contribution < -0.4 is 170 Å². The Morgan fingerprint density at radius 2 is 0.806 bits per heavy atom. The first-order chi connectivity index (χ1) is 62.8. The largest absolute Gasteiger partial charge is 1.00 e. The molecule has 41 heteroatoms. The van der Waals surface area contributed by atoms with Crippen LogP contribution in [0.5, 0.6) is 0 Å². The zero-order chi connectivity index (χ0) is 93.4. The number of likely N-dealkylation sites (tertiary alicyclic amines) is 4. The predicted molar refractivity (Wildman–Crippen MR) is 480 cm³/mol. The summed E-state index contributed by atoms with van der Waals surface area (Å²) in [5, 5.41) is 29.2. The minimum Gasteiger partial charge on any atom is -1.00 e. The zero-order valence-corrected chi connectivity index (χ0v) is 90.9. The Labute approximate surface area is 915 Å². The Morgan fingerprint density at radius 3 is 1.13 bits per heavy atom. The predicted octanol–water partition coefficient (Wildman–Crippen LogP) is 12.6. The Morgan fingerprint density at radius 1 is 0.470 bits per heavy atom. The third kappa shape index (κ3) is 34.9. The molecule has 13 fully saturated rings. The number of fused-ring (bicyclic) bond motifs is 3. The first-order valence-corrected chi connectivity index (χ1v) is 47.0. The van der Waals surface area contributed by atoms with E-state index in [1.165, 1.54) is 133 Å². The summed E-state index contributed by atoms with van der Waals surface area (Å²) in [7, 11) is 0. The number of hydrogen-bond donors (Lipinski definition) is 6. The van der Waals surface area contributed by atoms with Crippen molar-refractivity contribution in [1.82, 2.24) is 64.8 Å². The van der Waals surface area contributed by atoms with E-state index in [1.807, 2.05) is 4.90 Å². The van der Waals surface area contributed by atoms with Gasteiger partial charge in [-0.3, -0.25) is 29.1 Å². The monoisotopic (exact) mass is 2200 g/mol. The van der Waals surface area contributed by atoms with Gasteiger partial charge in [-0.1, -0.05) is 117 Å². The SMILES string of the molecule is Cl.ClCCl.FC(F)(F)c1ccnc(Cl)n1.FC(F)(F)c1ccnc(NC2CCCC2)n1.FC(F)(F)c1ccnc(N[C@@H]2CCNC2)n1.NC1CCCC1.O=C(C1[C@H]2CN(C3CCC(c4ccccc4)CC3)C[C@@H]12)N1CC[C@@H](Nc2nccc(C(F)(F)F)n2)C1.O=C(O)C1[C@H]2CN(C3CCC(c4ccccc4)CC3)C[C@@H]12.O=CO[O-].[Cs+].[Cs+].[H-].c1ccc(C2CCC(N3C[C@H]4C[C@H]4C3)CC2)cc1. The number of nitrogens with two attached hydrogens (primary N) is 1. The van der Waals surface area contributed by atoms with Gasteiger partial charge in [0.1, 0.15) is 22.8 Å². The molecule has 0 bridgehead atoms. The quantitative estimate of drug-likeness (QED) is 0.0139. The number of hydrogen-bond acceptors (Lipinski definition) is 21. The summed E-state index contributed by atoms with van der Waals surface area (Å²) >= 11 is 14.7. The Bertz CT molecular complexity index is 4550. The van der Waals surface area contributed by atoms with E-state index in [0.29, 0.717) is 67.2 Å². The fourth-order valence-corrected chi connectivity index (χ4v) is 20.7. The number of halogens is 16. The second kappa shape index (κ2) is 55.0. The summed E-state index contributed by atoms with van der Waals surface area (Å²) < 4.78 is 148. The summed E-state index contributed by atoms with van der Waals surface area (Å²) in [4.78, 5) is 73.6. The summed E-state index contributed by atoms with van der Waals surface area (Å²) in [6, 6.07) is 39.2. The molecule has 4 aromatic heterocycles. The van der Waals surface area contributed by atoms with Crippen LogP contribution in [0.4, 0.5) is 70.5 Å². The molecule has 10 atom stereocenters. The van der Waals surface area contributed by atoms with Gasteiger partial charge in [0.05, 0.1) is 11.3 Å². The second-order valence-corrected chi connectivity index (χ2v) is 37.3. The number of amides is 1. The van der Waals surface area contributed by atoms with Crippen LogP contribution in [0.1, 0.15) is 206 Å². The normalized spacial score (nSPS) is 27.1. The molecule has 13 aliphatic rings. The Kier molecular flexibility index (Phi) is 46.6. The number of rotatable bonds is 15.